The fourth-order valence-electron chi connectivity index (χ4n) is 6.65. The van der Waals surface area contributed by atoms with Crippen molar-refractivity contribution in [1.29, 1.82) is 0 Å². The number of hydrogen-bond donors (Lipinski definition) is 0. The molecular weight excluding hydrogens is 806 g/mol. The summed E-state index contributed by atoms with van der Waals surface area (Å²) in [6.07, 6.45) is 38.7. The van der Waals surface area contributed by atoms with Crippen LogP contribution >= 0.6 is 7.82 Å². The molecule has 62 heavy (non-hydrogen) atoms. The molecule has 0 saturated carbocycles. The molecule has 1 fully saturated rings. The minimum absolute atomic E-state index is 0.0540. The van der Waals surface area contributed by atoms with Gasteiger partial charge < -0.3 is 37.1 Å². The van der Waals surface area contributed by atoms with E-state index in [1.165, 1.54) is 24.0 Å². The Kier molecular flexibility index (Phi) is 28.9. The van der Waals surface area contributed by atoms with E-state index in [2.05, 4.69) is 76.3 Å². The van der Waals surface area contributed by atoms with Gasteiger partial charge in [0.1, 0.15) is 31.3 Å². The highest BCUT2D eigenvalue weighted by atomic mass is 31.2. The number of unbranched alkanes of at least 4 members (excludes halogenated alkanes) is 7. The predicted octanol–water partition coefficient (Wildman–Crippen LogP) is 11.3. The molecule has 3 unspecified atom stereocenters. The molecule has 1 aromatic rings. The Morgan fingerprint density at radius 3 is 1.84 bits per heavy atom. The molecule has 0 bridgehead atoms. The lowest BCUT2D eigenvalue weighted by molar-refractivity contribution is -0.870. The molecule has 12 heteroatoms. The highest BCUT2D eigenvalue weighted by Crippen LogP contribution is 2.38. The molecule has 0 spiro atoms. The van der Waals surface area contributed by atoms with Gasteiger partial charge in [0.15, 0.2) is 6.10 Å². The topological polar surface area (TPSA) is 137 Å². The number of allylic oxidation sites excluding steroid dienone is 8. The largest absolute Gasteiger partial charge is 0.756 e. The quantitative estimate of drug-likeness (QED) is 0.0159. The van der Waals surface area contributed by atoms with Crippen molar-refractivity contribution < 1.29 is 51.2 Å². The van der Waals surface area contributed by atoms with Crippen molar-refractivity contribution in [3.05, 3.63) is 83.4 Å². The number of carbonyl (C=O) groups excluding carboxylic acids is 2. The first-order valence-electron chi connectivity index (χ1n) is 23.5. The molecule has 352 valence electrons. The van der Waals surface area contributed by atoms with E-state index in [-0.39, 0.29) is 26.1 Å². The summed E-state index contributed by atoms with van der Waals surface area (Å²) in [5, 5.41) is 0. The maximum atomic E-state index is 12.8. The first kappa shape index (κ1) is 55.1. The molecule has 11 nitrogen and oxygen atoms in total. The third-order valence-electron chi connectivity index (χ3n) is 10.6. The molecule has 1 aliphatic heterocycles. The van der Waals surface area contributed by atoms with E-state index >= 15 is 0 Å². The number of likely N-dealkylation sites (N-methyl/N-ethyl adjacent to an activating group) is 1. The molecule has 4 atom stereocenters. The minimum Gasteiger partial charge on any atom is -0.756 e. The number of phosphoric ester groups is 1. The van der Waals surface area contributed by atoms with Crippen LogP contribution in [0.15, 0.2) is 65.2 Å². The van der Waals surface area contributed by atoms with Crippen LogP contribution in [-0.2, 0) is 50.3 Å². The summed E-state index contributed by atoms with van der Waals surface area (Å²) in [5.74, 6) is 1.32. The fourth-order valence-corrected chi connectivity index (χ4v) is 7.38. The van der Waals surface area contributed by atoms with E-state index in [1.807, 2.05) is 33.3 Å². The summed E-state index contributed by atoms with van der Waals surface area (Å²) in [7, 11) is 1.09. The molecule has 1 aliphatic rings. The number of quaternary nitrogens is 1. The van der Waals surface area contributed by atoms with E-state index in [4.69, 9.17) is 27.7 Å². The van der Waals surface area contributed by atoms with Gasteiger partial charge in [0, 0.05) is 25.7 Å². The second-order valence-corrected chi connectivity index (χ2v) is 18.8. The van der Waals surface area contributed by atoms with Crippen LogP contribution in [0, 0.1) is 13.8 Å². The van der Waals surface area contributed by atoms with Crippen LogP contribution in [0.1, 0.15) is 152 Å². The van der Waals surface area contributed by atoms with Crippen LogP contribution < -0.4 is 4.89 Å². The van der Waals surface area contributed by atoms with Crippen molar-refractivity contribution in [2.75, 3.05) is 47.5 Å². The van der Waals surface area contributed by atoms with Crippen LogP contribution in [0.4, 0.5) is 0 Å². The van der Waals surface area contributed by atoms with Crippen LogP contribution in [0.3, 0.4) is 0 Å². The van der Waals surface area contributed by atoms with Crippen molar-refractivity contribution in [3.63, 3.8) is 0 Å². The van der Waals surface area contributed by atoms with Crippen LogP contribution in [0.25, 0.3) is 0 Å². The zero-order chi connectivity index (χ0) is 45.5. The van der Waals surface area contributed by atoms with Crippen LogP contribution in [0.2, 0.25) is 0 Å². The van der Waals surface area contributed by atoms with Gasteiger partial charge in [0.25, 0.3) is 7.82 Å². The maximum absolute atomic E-state index is 12.8. The van der Waals surface area contributed by atoms with Crippen molar-refractivity contribution in [1.82, 2.24) is 0 Å². The molecule has 0 aliphatic carbocycles. The van der Waals surface area contributed by atoms with E-state index in [0.717, 1.165) is 101 Å². The molecule has 0 amide bonds. The standard InChI is InChI=1S/C50H82NO10P/c1-8-10-27-34-47-48(61-47)35-29-24-20-15-13-11-12-14-16-21-25-30-36-49(52)56-40-44(41-58-62(54,55)57-39-38-51(5,6)7)59-50(53)37-31-26-22-18-17-19-23-28-33-46-43(4)42(3)45(60-46)32-9-2/h10,12-15,21,24-25,27,29,44,47-48H,8-9,11,16-20,22-23,26,28,30-41H2,1-7H3/b14-12-,15-13-,25-21-,27-10-,29-24-/t44-,47?,48?/m1/s1. The summed E-state index contributed by atoms with van der Waals surface area (Å²) < 4.78 is 45.7. The number of nitrogens with zero attached hydrogens (tertiary/aromatic N) is 1. The SMILES string of the molecule is CC/C=C\CC1OC1C/C=C\C/C=C\C/C=C\C/C=C\CCC(=O)OC[C@H](COP(=O)([O-])OCC[N+](C)(C)C)OC(=O)CCCCCCCCCCc1oc(CCC)c(C)c1C. The van der Waals surface area contributed by atoms with Gasteiger partial charge >= 0.3 is 11.9 Å². The summed E-state index contributed by atoms with van der Waals surface area (Å²) >= 11 is 0. The Morgan fingerprint density at radius 2 is 1.24 bits per heavy atom. The molecule has 0 radical (unpaired) electrons. The maximum Gasteiger partial charge on any atom is 0.306 e. The zero-order valence-electron chi connectivity index (χ0n) is 39.5. The third-order valence-corrected chi connectivity index (χ3v) is 11.6. The van der Waals surface area contributed by atoms with Crippen molar-refractivity contribution in [3.8, 4) is 0 Å². The Balaban J connectivity index is 1.63. The lowest BCUT2D eigenvalue weighted by Gasteiger charge is -2.28. The Morgan fingerprint density at radius 1 is 0.694 bits per heavy atom. The van der Waals surface area contributed by atoms with Crippen molar-refractivity contribution in [2.24, 2.45) is 0 Å². The Labute approximate surface area is 375 Å². The third kappa shape index (κ3) is 27.9. The van der Waals surface area contributed by atoms with E-state index in [1.54, 1.807) is 0 Å². The molecule has 2 heterocycles. The summed E-state index contributed by atoms with van der Waals surface area (Å²) in [5.41, 5.74) is 2.61. The smallest absolute Gasteiger partial charge is 0.306 e. The van der Waals surface area contributed by atoms with Crippen molar-refractivity contribution in [2.45, 2.75) is 174 Å². The number of ether oxygens (including phenoxy) is 3. The molecular formula is C50H82NO10P. The van der Waals surface area contributed by atoms with Gasteiger partial charge in [-0.15, -0.1) is 0 Å². The van der Waals surface area contributed by atoms with Gasteiger partial charge in [-0.25, -0.2) is 0 Å². The number of hydrogen-bond acceptors (Lipinski definition) is 10. The Bertz CT molecular complexity index is 1590. The Hall–Kier alpha value is -3.05. The van der Waals surface area contributed by atoms with Crippen LogP contribution in [-0.4, -0.2) is 82.2 Å². The normalized spacial score (nSPS) is 17.3. The van der Waals surface area contributed by atoms with Gasteiger partial charge in [-0.05, 0) is 89.2 Å². The number of rotatable bonds is 37. The predicted molar refractivity (Wildman–Crippen MR) is 248 cm³/mol. The molecule has 0 N–H and O–H groups in total. The lowest BCUT2D eigenvalue weighted by Crippen LogP contribution is -2.37. The molecule has 0 aromatic carbocycles. The lowest BCUT2D eigenvalue weighted by atomic mass is 10.0. The number of aryl methyl sites for hydroxylation is 2. The second kappa shape index (κ2) is 32.6. The van der Waals surface area contributed by atoms with Gasteiger partial charge in [0.05, 0.1) is 40.0 Å². The van der Waals surface area contributed by atoms with Gasteiger partial charge in [-0.1, -0.05) is 113 Å². The molecule has 2 rings (SSSR count). The first-order valence-corrected chi connectivity index (χ1v) is 24.9. The number of carbonyl (C=O) groups is 2. The average molecular weight is 888 g/mol. The highest BCUT2D eigenvalue weighted by Gasteiger charge is 2.36. The van der Waals surface area contributed by atoms with E-state index in [0.29, 0.717) is 36.1 Å². The first-order chi connectivity index (χ1) is 29.7. The second-order valence-electron chi connectivity index (χ2n) is 17.4. The number of phosphoric acid groups is 1. The van der Waals surface area contributed by atoms with E-state index < -0.39 is 32.5 Å². The fraction of sp³-hybridized carbons (Fsp3) is 0.680. The number of esters is 2. The zero-order valence-corrected chi connectivity index (χ0v) is 40.3. The monoisotopic (exact) mass is 888 g/mol. The van der Waals surface area contributed by atoms with Gasteiger partial charge in [0.2, 0.25) is 0 Å². The van der Waals surface area contributed by atoms with Gasteiger partial charge in [-0.2, -0.15) is 0 Å². The summed E-state index contributed by atoms with van der Waals surface area (Å²) in [6.45, 7) is 8.22. The highest BCUT2D eigenvalue weighted by molar-refractivity contribution is 7.45. The molecule has 1 saturated heterocycles. The van der Waals surface area contributed by atoms with Gasteiger partial charge in [-0.3, -0.25) is 14.2 Å². The van der Waals surface area contributed by atoms with E-state index in [9.17, 15) is 19.0 Å². The van der Waals surface area contributed by atoms with Crippen molar-refractivity contribution >= 4 is 19.8 Å². The average Bonchev–Trinajstić information content (AvgIpc) is 3.92. The number of furan rings is 1. The summed E-state index contributed by atoms with van der Waals surface area (Å²) in [4.78, 5) is 37.7. The number of epoxide rings is 1. The van der Waals surface area contributed by atoms with Crippen LogP contribution in [0.5, 0.6) is 0 Å². The summed E-state index contributed by atoms with van der Waals surface area (Å²) in [6, 6.07) is 0. The molecule has 1 aromatic heterocycles. The minimum atomic E-state index is -4.66.